The van der Waals surface area contributed by atoms with Crippen molar-refractivity contribution in [2.75, 3.05) is 12.3 Å². The lowest BCUT2D eigenvalue weighted by atomic mass is 10.1. The highest BCUT2D eigenvalue weighted by Crippen LogP contribution is 2.34. The van der Waals surface area contributed by atoms with Crippen molar-refractivity contribution in [2.45, 2.75) is 24.9 Å². The molecule has 0 spiro atoms. The first-order valence-corrected chi connectivity index (χ1v) is 11.2. The van der Waals surface area contributed by atoms with Gasteiger partial charge in [-0.05, 0) is 24.3 Å². The summed E-state index contributed by atoms with van der Waals surface area (Å²) in [6.07, 6.45) is -0.293. The summed E-state index contributed by atoms with van der Waals surface area (Å²) in [6, 6.07) is 17.2. The Balaban J connectivity index is 1.38. The highest BCUT2D eigenvalue weighted by Gasteiger charge is 2.40. The van der Waals surface area contributed by atoms with Gasteiger partial charge in [-0.3, -0.25) is 4.57 Å². The zero-order valence-corrected chi connectivity index (χ0v) is 19.0. The fourth-order valence-corrected chi connectivity index (χ4v) is 4.07. The Morgan fingerprint density at radius 3 is 2.37 bits per heavy atom. The molecule has 0 aliphatic carbocycles. The number of aromatic nitrogens is 4. The second-order valence-corrected chi connectivity index (χ2v) is 8.19. The molecule has 178 valence electrons. The summed E-state index contributed by atoms with van der Waals surface area (Å²) in [5.74, 6) is -1.03. The number of nitrogen functional groups attached to an aromatic ring is 1. The minimum Gasteiger partial charge on any atom is -0.459 e. The van der Waals surface area contributed by atoms with Gasteiger partial charge < -0.3 is 19.9 Å². The number of ether oxygens (including phenoxy) is 3. The Labute approximate surface area is 204 Å². The third-order valence-corrected chi connectivity index (χ3v) is 5.81. The number of nitrogens with two attached hydrogens (primary N) is 1. The molecule has 0 radical (unpaired) electrons. The lowest BCUT2D eigenvalue weighted by Gasteiger charge is -2.19. The van der Waals surface area contributed by atoms with Crippen molar-refractivity contribution < 1.29 is 23.8 Å². The number of nitrogens with zero attached hydrogens (tertiary/aromatic N) is 4. The number of benzene rings is 2. The molecule has 0 unspecified atom stereocenters. The molecule has 2 N–H and O–H groups in total. The molecule has 1 saturated heterocycles. The van der Waals surface area contributed by atoms with E-state index < -0.39 is 30.4 Å². The highest BCUT2D eigenvalue weighted by atomic mass is 35.5. The van der Waals surface area contributed by atoms with Crippen LogP contribution in [0.3, 0.4) is 0 Å². The number of hydrogen-bond donors (Lipinski definition) is 1. The van der Waals surface area contributed by atoms with Crippen molar-refractivity contribution in [1.82, 2.24) is 19.5 Å². The summed E-state index contributed by atoms with van der Waals surface area (Å²) in [5, 5.41) is 0.115. The molecule has 11 heteroatoms. The summed E-state index contributed by atoms with van der Waals surface area (Å²) in [4.78, 5) is 37.6. The average Bonchev–Trinajstić information content (AvgIpc) is 3.47. The van der Waals surface area contributed by atoms with E-state index in [9.17, 15) is 9.59 Å². The van der Waals surface area contributed by atoms with Gasteiger partial charge in [0.25, 0.3) is 0 Å². The minimum absolute atomic E-state index is 0.0114. The fraction of sp³-hybridized carbons (Fsp3) is 0.208. The zero-order chi connectivity index (χ0) is 24.4. The molecular weight excluding hydrogens is 474 g/mol. The number of fused-ring (bicyclic) bond motifs is 1. The highest BCUT2D eigenvalue weighted by molar-refractivity contribution is 6.33. The molecule has 3 heterocycles. The monoisotopic (exact) mass is 493 g/mol. The maximum atomic E-state index is 12.7. The summed E-state index contributed by atoms with van der Waals surface area (Å²) >= 11 is 6.14. The third kappa shape index (κ3) is 4.79. The van der Waals surface area contributed by atoms with E-state index in [1.807, 2.05) is 0 Å². The standard InChI is InChI=1S/C24H20ClN5O5/c25-20-19-21(29-24(26)28-20)30(13-27-19)18-11-16(35-23(32)15-9-5-2-6-10-15)17(34-18)12-33-22(31)14-7-3-1-4-8-14/h1-10,13,16-18H,11-12H2,(H2,26,28,29)/t16-,17+,18-/m0/s1. The number of halogens is 1. The lowest BCUT2D eigenvalue weighted by Crippen LogP contribution is -2.32. The number of rotatable bonds is 6. The number of carbonyl (C=O) groups excluding carboxylic acids is 2. The van der Waals surface area contributed by atoms with Crippen molar-refractivity contribution >= 4 is 40.7 Å². The van der Waals surface area contributed by atoms with Gasteiger partial charge in [0.1, 0.15) is 30.6 Å². The predicted molar refractivity (Wildman–Crippen MR) is 126 cm³/mol. The maximum Gasteiger partial charge on any atom is 0.338 e. The number of hydrogen-bond acceptors (Lipinski definition) is 9. The normalized spacial score (nSPS) is 19.5. The Kier molecular flexibility index (Phi) is 6.30. The number of carbonyl (C=O) groups is 2. The number of imidazole rings is 1. The van der Waals surface area contributed by atoms with Gasteiger partial charge in [-0.2, -0.15) is 9.97 Å². The van der Waals surface area contributed by atoms with E-state index in [0.29, 0.717) is 22.3 Å². The number of esters is 2. The summed E-state index contributed by atoms with van der Waals surface area (Å²) in [6.45, 7) is -0.124. The molecule has 35 heavy (non-hydrogen) atoms. The molecule has 5 rings (SSSR count). The van der Waals surface area contributed by atoms with Gasteiger partial charge in [0.15, 0.2) is 10.8 Å². The van der Waals surface area contributed by atoms with E-state index in [-0.39, 0.29) is 24.1 Å². The Morgan fingerprint density at radius 1 is 1.03 bits per heavy atom. The van der Waals surface area contributed by atoms with Crippen LogP contribution < -0.4 is 5.73 Å². The minimum atomic E-state index is -0.729. The summed E-state index contributed by atoms with van der Waals surface area (Å²) in [5.41, 5.74) is 7.30. The first-order valence-electron chi connectivity index (χ1n) is 10.8. The molecule has 1 aliphatic rings. The van der Waals surface area contributed by atoms with Crippen LogP contribution >= 0.6 is 11.6 Å². The van der Waals surface area contributed by atoms with E-state index >= 15 is 0 Å². The second kappa shape index (κ2) is 9.69. The Bertz CT molecular complexity index is 1370. The van der Waals surface area contributed by atoms with Crippen molar-refractivity contribution in [3.8, 4) is 0 Å². The molecule has 10 nitrogen and oxygen atoms in total. The Morgan fingerprint density at radius 2 is 1.69 bits per heavy atom. The molecule has 0 bridgehead atoms. The summed E-state index contributed by atoms with van der Waals surface area (Å²) < 4.78 is 19.0. The van der Waals surface area contributed by atoms with Gasteiger partial charge in [0.05, 0.1) is 17.5 Å². The molecule has 2 aromatic heterocycles. The first-order chi connectivity index (χ1) is 17.0. The number of anilines is 1. The quantitative estimate of drug-likeness (QED) is 0.317. The molecule has 0 amide bonds. The van der Waals surface area contributed by atoms with Gasteiger partial charge in [0, 0.05) is 6.42 Å². The molecule has 1 aliphatic heterocycles. The van der Waals surface area contributed by atoms with Gasteiger partial charge in [0.2, 0.25) is 5.95 Å². The van der Waals surface area contributed by atoms with Gasteiger partial charge in [-0.1, -0.05) is 48.0 Å². The van der Waals surface area contributed by atoms with Crippen LogP contribution in [-0.2, 0) is 14.2 Å². The van der Waals surface area contributed by atoms with Crippen LogP contribution in [0.5, 0.6) is 0 Å². The van der Waals surface area contributed by atoms with Crippen LogP contribution in [0.15, 0.2) is 67.0 Å². The lowest BCUT2D eigenvalue weighted by molar-refractivity contribution is -0.0563. The van der Waals surface area contributed by atoms with Crippen molar-refractivity contribution in [3.63, 3.8) is 0 Å². The van der Waals surface area contributed by atoms with Crippen LogP contribution in [-0.4, -0.2) is 50.3 Å². The summed E-state index contributed by atoms with van der Waals surface area (Å²) in [7, 11) is 0. The van der Waals surface area contributed by atoms with E-state index in [2.05, 4.69) is 15.0 Å². The molecule has 3 atom stereocenters. The predicted octanol–water partition coefficient (Wildman–Crippen LogP) is 3.43. The van der Waals surface area contributed by atoms with E-state index in [1.54, 1.807) is 65.2 Å². The zero-order valence-electron chi connectivity index (χ0n) is 18.3. The van der Waals surface area contributed by atoms with Crippen molar-refractivity contribution in [3.05, 3.63) is 83.3 Å². The first kappa shape index (κ1) is 22.8. The maximum absolute atomic E-state index is 12.7. The van der Waals surface area contributed by atoms with Crippen LogP contribution in [0.25, 0.3) is 11.2 Å². The largest absolute Gasteiger partial charge is 0.459 e. The van der Waals surface area contributed by atoms with E-state index in [0.717, 1.165) is 0 Å². The molecule has 1 fully saturated rings. The van der Waals surface area contributed by atoms with Crippen molar-refractivity contribution in [1.29, 1.82) is 0 Å². The van der Waals surface area contributed by atoms with Crippen LogP contribution in [0.2, 0.25) is 5.15 Å². The van der Waals surface area contributed by atoms with Gasteiger partial charge in [-0.25, -0.2) is 14.6 Å². The van der Waals surface area contributed by atoms with E-state index in [1.165, 1.54) is 6.33 Å². The molecule has 2 aromatic carbocycles. The van der Waals surface area contributed by atoms with Gasteiger partial charge >= 0.3 is 11.9 Å². The fourth-order valence-electron chi connectivity index (χ4n) is 3.85. The third-order valence-electron chi connectivity index (χ3n) is 5.54. The topological polar surface area (TPSA) is 131 Å². The van der Waals surface area contributed by atoms with Crippen LogP contribution in [0, 0.1) is 0 Å². The van der Waals surface area contributed by atoms with Crippen LogP contribution in [0.4, 0.5) is 5.95 Å². The second-order valence-electron chi connectivity index (χ2n) is 7.84. The smallest absolute Gasteiger partial charge is 0.338 e. The molecular formula is C24H20ClN5O5. The Hall–Kier alpha value is -4.02. The SMILES string of the molecule is Nc1nc(Cl)c2ncn([C@@H]3C[C@H](OC(=O)c4ccccc4)[C@@H](COC(=O)c4ccccc4)O3)c2n1. The molecule has 4 aromatic rings. The molecule has 0 saturated carbocycles. The van der Waals surface area contributed by atoms with Crippen LogP contribution in [0.1, 0.15) is 33.4 Å². The average molecular weight is 494 g/mol. The van der Waals surface area contributed by atoms with E-state index in [4.69, 9.17) is 31.5 Å². The van der Waals surface area contributed by atoms with Crippen molar-refractivity contribution in [2.24, 2.45) is 0 Å². The van der Waals surface area contributed by atoms with Gasteiger partial charge in [-0.15, -0.1) is 0 Å².